The third-order valence-electron chi connectivity index (χ3n) is 5.93. The van der Waals surface area contributed by atoms with Gasteiger partial charge in [-0.3, -0.25) is 0 Å². The highest BCUT2D eigenvalue weighted by Gasteiger charge is 2.36. The van der Waals surface area contributed by atoms with Crippen LogP contribution in [0, 0.1) is 17.2 Å². The van der Waals surface area contributed by atoms with Crippen molar-refractivity contribution in [2.24, 2.45) is 5.92 Å². The maximum atomic E-state index is 10.5. The van der Waals surface area contributed by atoms with Gasteiger partial charge in [0.05, 0.1) is 39.9 Å². The number of nitriles is 1. The number of likely N-dealkylation sites (N-methyl/N-ethyl adjacent to an activating group) is 1. The summed E-state index contributed by atoms with van der Waals surface area (Å²) in [7, 11) is 7.97. The summed E-state index contributed by atoms with van der Waals surface area (Å²) < 4.78 is 70.0. The second-order valence-corrected chi connectivity index (χ2v) is 7.93. The molecule has 0 aliphatic rings. The Morgan fingerprint density at radius 1 is 0.909 bits per heavy atom. The van der Waals surface area contributed by atoms with Crippen LogP contribution in [0.3, 0.4) is 0 Å². The molecule has 6 heteroatoms. The van der Waals surface area contributed by atoms with Crippen LogP contribution in [-0.4, -0.2) is 53.5 Å². The highest BCUT2D eigenvalue weighted by atomic mass is 16.5. The summed E-state index contributed by atoms with van der Waals surface area (Å²) in [5.41, 5.74) is -0.491. The van der Waals surface area contributed by atoms with Crippen molar-refractivity contribution in [2.75, 3.05) is 48.6 Å². The first-order chi connectivity index (χ1) is 18.3. The smallest absolute Gasteiger partial charge is 0.161 e. The molecule has 0 heterocycles. The first-order valence-corrected chi connectivity index (χ1v) is 10.8. The van der Waals surface area contributed by atoms with Gasteiger partial charge < -0.3 is 23.8 Å². The van der Waals surface area contributed by atoms with Crippen LogP contribution in [0.4, 0.5) is 0 Å². The molecule has 0 saturated heterocycles. The monoisotopic (exact) mass is 460 g/mol. The predicted octanol–water partition coefficient (Wildman–Crippen LogP) is 5.09. The Labute approximate surface area is 207 Å². The molecule has 0 saturated carbocycles. The second kappa shape index (κ2) is 12.4. The second-order valence-electron chi connectivity index (χ2n) is 7.93. The predicted molar refractivity (Wildman–Crippen MR) is 132 cm³/mol. The standard InChI is InChI=1S/C27H38N2O4/c1-20(2)27(19-28,22-10-12-24(31-5)26(18-22)33-7)14-8-15-29(3)16-13-21-9-11-23(30-4)25(17-21)32-6/h9-12,17-18,20H,8,13-16H2,1-7H3/t27-/m0/s1/i1D3,2D3. The first-order valence-electron chi connectivity index (χ1n) is 13.8. The van der Waals surface area contributed by atoms with Gasteiger partial charge in [0, 0.05) is 14.8 Å². The third-order valence-corrected chi connectivity index (χ3v) is 5.93. The van der Waals surface area contributed by atoms with Gasteiger partial charge in [-0.05, 0) is 74.2 Å². The van der Waals surface area contributed by atoms with E-state index in [1.54, 1.807) is 26.4 Å². The third kappa shape index (κ3) is 6.33. The number of hydrogen-bond donors (Lipinski definition) is 0. The van der Waals surface area contributed by atoms with Crippen LogP contribution in [-0.2, 0) is 11.8 Å². The molecule has 6 nitrogen and oxygen atoms in total. The molecule has 2 rings (SSSR count). The van der Waals surface area contributed by atoms with Crippen LogP contribution in [0.1, 0.15) is 45.9 Å². The van der Waals surface area contributed by atoms with E-state index < -0.39 is 25.0 Å². The van der Waals surface area contributed by atoms with E-state index in [1.165, 1.54) is 20.3 Å². The molecule has 2 aromatic carbocycles. The van der Waals surface area contributed by atoms with Crippen LogP contribution in [0.2, 0.25) is 0 Å². The van der Waals surface area contributed by atoms with Crippen molar-refractivity contribution in [3.05, 3.63) is 47.5 Å². The Balaban J connectivity index is 2.31. The van der Waals surface area contributed by atoms with E-state index in [4.69, 9.17) is 27.2 Å². The van der Waals surface area contributed by atoms with Gasteiger partial charge in [0.1, 0.15) is 0 Å². The van der Waals surface area contributed by atoms with E-state index in [9.17, 15) is 5.26 Å². The summed E-state index contributed by atoms with van der Waals surface area (Å²) in [5, 5.41) is 10.5. The van der Waals surface area contributed by atoms with E-state index in [0.717, 1.165) is 12.0 Å². The summed E-state index contributed by atoms with van der Waals surface area (Å²) in [6.07, 6.45) is 1.15. The van der Waals surface area contributed by atoms with Crippen molar-refractivity contribution in [1.29, 1.82) is 5.26 Å². The van der Waals surface area contributed by atoms with Gasteiger partial charge in [0.15, 0.2) is 23.0 Å². The number of hydrogen-bond acceptors (Lipinski definition) is 6. The molecule has 0 fully saturated rings. The lowest BCUT2D eigenvalue weighted by atomic mass is 9.69. The van der Waals surface area contributed by atoms with Crippen molar-refractivity contribution in [1.82, 2.24) is 4.90 Å². The molecule has 0 amide bonds. The van der Waals surface area contributed by atoms with E-state index in [1.807, 2.05) is 25.2 Å². The van der Waals surface area contributed by atoms with Crippen LogP contribution in [0.15, 0.2) is 36.4 Å². The van der Waals surface area contributed by atoms with E-state index in [2.05, 4.69) is 11.0 Å². The van der Waals surface area contributed by atoms with Crippen molar-refractivity contribution >= 4 is 0 Å². The van der Waals surface area contributed by atoms with Crippen LogP contribution in [0.25, 0.3) is 0 Å². The lowest BCUT2D eigenvalue weighted by molar-refractivity contribution is 0.292. The van der Waals surface area contributed by atoms with E-state index >= 15 is 0 Å². The molecule has 1 atom stereocenters. The lowest BCUT2D eigenvalue weighted by Gasteiger charge is -2.32. The highest BCUT2D eigenvalue weighted by molar-refractivity contribution is 5.47. The van der Waals surface area contributed by atoms with Gasteiger partial charge in [-0.2, -0.15) is 5.26 Å². The van der Waals surface area contributed by atoms with Gasteiger partial charge in [-0.15, -0.1) is 0 Å². The van der Waals surface area contributed by atoms with Crippen molar-refractivity contribution < 1.29 is 27.2 Å². The Bertz CT molecular complexity index is 1120. The molecule has 2 aromatic rings. The Hall–Kier alpha value is -2.91. The molecule has 0 aliphatic heterocycles. The van der Waals surface area contributed by atoms with Crippen LogP contribution in [0.5, 0.6) is 23.0 Å². The number of ether oxygens (including phenoxy) is 4. The molecule has 33 heavy (non-hydrogen) atoms. The molecular formula is C27H38N2O4. The quantitative estimate of drug-likeness (QED) is 0.415. The molecule has 0 unspecified atom stereocenters. The summed E-state index contributed by atoms with van der Waals surface area (Å²) in [5.74, 6) is 0.0684. The lowest BCUT2D eigenvalue weighted by Crippen LogP contribution is -2.32. The average Bonchev–Trinajstić information content (AvgIpc) is 2.88. The Kier molecular flexibility index (Phi) is 6.93. The normalized spacial score (nSPS) is 16.3. The van der Waals surface area contributed by atoms with Gasteiger partial charge in [-0.1, -0.05) is 25.8 Å². The molecule has 0 spiro atoms. The molecule has 0 aromatic heterocycles. The summed E-state index contributed by atoms with van der Waals surface area (Å²) in [4.78, 5) is 2.06. The minimum atomic E-state index is -2.91. The SMILES string of the molecule is [2H]C([2H])([2H])C(C([2H])([2H])[2H])[C@@](C#N)(CCCN(C)CCc1ccc(OC)c(OC)c1)c1ccc(OC)c(OC)c1. The fourth-order valence-corrected chi connectivity index (χ4v) is 3.85. The van der Waals surface area contributed by atoms with Crippen molar-refractivity contribution in [3.8, 4) is 29.1 Å². The number of methoxy groups -OCH3 is 4. The van der Waals surface area contributed by atoms with E-state index in [-0.39, 0.29) is 17.7 Å². The largest absolute Gasteiger partial charge is 0.493 e. The van der Waals surface area contributed by atoms with Crippen LogP contribution >= 0.6 is 0 Å². The highest BCUT2D eigenvalue weighted by Crippen LogP contribution is 2.40. The fourth-order valence-electron chi connectivity index (χ4n) is 3.85. The fraction of sp³-hybridized carbons (Fsp3) is 0.519. The Morgan fingerprint density at radius 2 is 1.52 bits per heavy atom. The molecule has 0 radical (unpaired) electrons. The maximum absolute atomic E-state index is 10.5. The maximum Gasteiger partial charge on any atom is 0.161 e. The van der Waals surface area contributed by atoms with Gasteiger partial charge in [-0.25, -0.2) is 0 Å². The summed E-state index contributed by atoms with van der Waals surface area (Å²) in [6.45, 7) is -4.60. The van der Waals surface area contributed by atoms with Crippen LogP contribution < -0.4 is 18.9 Å². The van der Waals surface area contributed by atoms with E-state index in [0.29, 0.717) is 36.8 Å². The summed E-state index contributed by atoms with van der Waals surface area (Å²) in [6, 6.07) is 12.5. The molecule has 0 N–H and O–H groups in total. The zero-order valence-corrected chi connectivity index (χ0v) is 20.1. The number of nitrogens with zero attached hydrogens (tertiary/aromatic N) is 2. The van der Waals surface area contributed by atoms with Crippen molar-refractivity contribution in [2.45, 2.75) is 38.4 Å². The van der Waals surface area contributed by atoms with Gasteiger partial charge >= 0.3 is 0 Å². The number of benzene rings is 2. The molecule has 0 bridgehead atoms. The zero-order valence-electron chi connectivity index (χ0n) is 26.1. The number of rotatable bonds is 13. The minimum absolute atomic E-state index is 0.0289. The topological polar surface area (TPSA) is 64.0 Å². The van der Waals surface area contributed by atoms with Crippen molar-refractivity contribution in [3.63, 3.8) is 0 Å². The minimum Gasteiger partial charge on any atom is -0.493 e. The molecule has 180 valence electrons. The summed E-state index contributed by atoms with van der Waals surface area (Å²) >= 11 is 0. The average molecular weight is 461 g/mol. The van der Waals surface area contributed by atoms with Gasteiger partial charge in [0.25, 0.3) is 0 Å². The molecular weight excluding hydrogens is 416 g/mol. The Morgan fingerprint density at radius 3 is 2.09 bits per heavy atom. The van der Waals surface area contributed by atoms with Gasteiger partial charge in [0.2, 0.25) is 0 Å². The zero-order chi connectivity index (χ0) is 29.4. The molecule has 0 aliphatic carbocycles. The first kappa shape index (κ1) is 18.5.